The van der Waals surface area contributed by atoms with Crippen LogP contribution in [-0.4, -0.2) is 24.1 Å². The van der Waals surface area contributed by atoms with Crippen LogP contribution in [0.4, 0.5) is 5.69 Å². The van der Waals surface area contributed by atoms with E-state index in [1.54, 1.807) is 14.0 Å². The van der Waals surface area contributed by atoms with Crippen LogP contribution in [0.3, 0.4) is 0 Å². The molecular weight excluding hydrogens is 270 g/mol. The molecule has 1 rings (SSSR count). The lowest BCUT2D eigenvalue weighted by molar-refractivity contribution is -0.385. The van der Waals surface area contributed by atoms with Gasteiger partial charge in [0.05, 0.1) is 22.6 Å². The molecule has 0 spiro atoms. The van der Waals surface area contributed by atoms with Crippen LogP contribution in [0, 0.1) is 21.4 Å². The first-order valence-corrected chi connectivity index (χ1v) is 5.97. The van der Waals surface area contributed by atoms with Gasteiger partial charge in [0.2, 0.25) is 5.75 Å². The molecule has 0 bridgehead atoms. The van der Waals surface area contributed by atoms with E-state index in [-0.39, 0.29) is 23.1 Å². The second-order valence-electron chi connectivity index (χ2n) is 4.14. The van der Waals surface area contributed by atoms with Crippen molar-refractivity contribution in [2.45, 2.75) is 18.9 Å². The van der Waals surface area contributed by atoms with Gasteiger partial charge in [-0.25, -0.2) is 0 Å². The maximum absolute atomic E-state index is 10.8. The number of hydrogen-bond acceptors (Lipinski definition) is 5. The van der Waals surface area contributed by atoms with E-state index in [0.717, 1.165) is 0 Å². The summed E-state index contributed by atoms with van der Waals surface area (Å²) in [5.74, 6) is 0.0329. The number of nitro benzene ring substituents is 1. The van der Waals surface area contributed by atoms with Gasteiger partial charge in [-0.05, 0) is 20.0 Å². The van der Waals surface area contributed by atoms with Crippen molar-refractivity contribution in [2.75, 3.05) is 13.7 Å². The van der Waals surface area contributed by atoms with Crippen molar-refractivity contribution >= 4 is 17.3 Å². The molecule has 102 valence electrons. The van der Waals surface area contributed by atoms with Gasteiger partial charge in [-0.1, -0.05) is 17.7 Å². The highest BCUT2D eigenvalue weighted by atomic mass is 35.5. The molecule has 0 amide bonds. The van der Waals surface area contributed by atoms with Crippen molar-refractivity contribution < 1.29 is 9.66 Å². The maximum Gasteiger partial charge on any atom is 0.312 e. The van der Waals surface area contributed by atoms with Crippen LogP contribution in [0.1, 0.15) is 13.3 Å². The van der Waals surface area contributed by atoms with Crippen LogP contribution in [0.5, 0.6) is 5.75 Å². The van der Waals surface area contributed by atoms with Crippen LogP contribution >= 0.6 is 11.6 Å². The second kappa shape index (κ2) is 6.36. The average Bonchev–Trinajstić information content (AvgIpc) is 2.40. The zero-order valence-electron chi connectivity index (χ0n) is 10.6. The minimum Gasteiger partial charge on any atom is -0.486 e. The quantitative estimate of drug-likeness (QED) is 0.640. The monoisotopic (exact) mass is 283 g/mol. The Labute approximate surface area is 116 Å². The Hall–Kier alpha value is -1.84. The summed E-state index contributed by atoms with van der Waals surface area (Å²) in [7, 11) is 1.67. The maximum atomic E-state index is 10.8. The predicted octanol–water partition coefficient (Wildman–Crippen LogP) is 2.52. The molecule has 0 aromatic heterocycles. The SMILES string of the molecule is CNC(C)(C#N)CCOc1c(Cl)cccc1[N+](=O)[O-]. The van der Waals surface area contributed by atoms with Crippen molar-refractivity contribution in [3.8, 4) is 11.8 Å². The van der Waals surface area contributed by atoms with E-state index in [4.69, 9.17) is 21.6 Å². The number of hydrogen-bond donors (Lipinski definition) is 1. The Bertz CT molecular complexity index is 515. The fraction of sp³-hybridized carbons (Fsp3) is 0.417. The summed E-state index contributed by atoms with van der Waals surface area (Å²) in [6, 6.07) is 6.44. The van der Waals surface area contributed by atoms with Crippen molar-refractivity contribution in [3.05, 3.63) is 33.3 Å². The van der Waals surface area contributed by atoms with Crippen molar-refractivity contribution in [3.63, 3.8) is 0 Å². The third-order valence-electron chi connectivity index (χ3n) is 2.79. The molecule has 19 heavy (non-hydrogen) atoms. The molecule has 0 saturated carbocycles. The highest BCUT2D eigenvalue weighted by Gasteiger charge is 2.23. The van der Waals surface area contributed by atoms with E-state index in [9.17, 15) is 10.1 Å². The second-order valence-corrected chi connectivity index (χ2v) is 4.54. The van der Waals surface area contributed by atoms with E-state index in [1.807, 2.05) is 0 Å². The summed E-state index contributed by atoms with van der Waals surface area (Å²) >= 11 is 5.88. The molecular formula is C12H14ClN3O3. The molecule has 0 saturated heterocycles. The molecule has 6 nitrogen and oxygen atoms in total. The first-order valence-electron chi connectivity index (χ1n) is 5.59. The normalized spacial score (nSPS) is 13.4. The van der Waals surface area contributed by atoms with Gasteiger partial charge in [0, 0.05) is 12.5 Å². The number of nitro groups is 1. The van der Waals surface area contributed by atoms with Crippen molar-refractivity contribution in [2.24, 2.45) is 0 Å². The van der Waals surface area contributed by atoms with Gasteiger partial charge < -0.3 is 10.1 Å². The Morgan fingerprint density at radius 2 is 2.32 bits per heavy atom. The Morgan fingerprint density at radius 1 is 1.63 bits per heavy atom. The summed E-state index contributed by atoms with van der Waals surface area (Å²) < 4.78 is 5.36. The largest absolute Gasteiger partial charge is 0.486 e. The first kappa shape index (κ1) is 15.2. The van der Waals surface area contributed by atoms with Gasteiger partial charge in [0.25, 0.3) is 0 Å². The lowest BCUT2D eigenvalue weighted by atomic mass is 10.0. The number of nitriles is 1. The molecule has 0 aliphatic rings. The van der Waals surface area contributed by atoms with Crippen LogP contribution in [-0.2, 0) is 0 Å². The smallest absolute Gasteiger partial charge is 0.312 e. The zero-order chi connectivity index (χ0) is 14.5. The van der Waals surface area contributed by atoms with Gasteiger partial charge >= 0.3 is 5.69 Å². The lowest BCUT2D eigenvalue weighted by Gasteiger charge is -2.20. The predicted molar refractivity (Wildman–Crippen MR) is 71.3 cm³/mol. The van der Waals surface area contributed by atoms with Crippen LogP contribution in [0.15, 0.2) is 18.2 Å². The van der Waals surface area contributed by atoms with Gasteiger partial charge in [0.15, 0.2) is 0 Å². The number of para-hydroxylation sites is 1. The van der Waals surface area contributed by atoms with E-state index >= 15 is 0 Å². The Morgan fingerprint density at radius 3 is 2.84 bits per heavy atom. The molecule has 1 N–H and O–H groups in total. The van der Waals surface area contributed by atoms with Crippen molar-refractivity contribution in [1.29, 1.82) is 5.26 Å². The summed E-state index contributed by atoms with van der Waals surface area (Å²) in [6.07, 6.45) is 0.377. The van der Waals surface area contributed by atoms with Gasteiger partial charge in [-0.3, -0.25) is 10.1 Å². The standard InChI is InChI=1S/C12H14ClN3O3/c1-12(8-14,15-2)6-7-19-11-9(13)4-3-5-10(11)16(17)18/h3-5,15H,6-7H2,1-2H3. The van der Waals surface area contributed by atoms with E-state index in [0.29, 0.717) is 6.42 Å². The van der Waals surface area contributed by atoms with Gasteiger partial charge in [0.1, 0.15) is 5.54 Å². The third-order valence-corrected chi connectivity index (χ3v) is 3.09. The highest BCUT2D eigenvalue weighted by Crippen LogP contribution is 2.34. The number of nitrogens with zero attached hydrogens (tertiary/aromatic N) is 2. The number of rotatable bonds is 6. The summed E-state index contributed by atoms with van der Waals surface area (Å²) in [5, 5.41) is 22.9. The Kier molecular flexibility index (Phi) is 5.10. The topological polar surface area (TPSA) is 88.2 Å². The number of benzene rings is 1. The van der Waals surface area contributed by atoms with Gasteiger partial charge in [-0.2, -0.15) is 5.26 Å². The molecule has 0 fully saturated rings. The molecule has 1 aromatic rings. The molecule has 0 aliphatic heterocycles. The third kappa shape index (κ3) is 3.81. The molecule has 0 heterocycles. The minimum atomic E-state index is -0.740. The molecule has 7 heteroatoms. The van der Waals surface area contributed by atoms with Crippen LogP contribution in [0.25, 0.3) is 0 Å². The van der Waals surface area contributed by atoms with Gasteiger partial charge in [-0.15, -0.1) is 0 Å². The highest BCUT2D eigenvalue weighted by molar-refractivity contribution is 6.32. The van der Waals surface area contributed by atoms with Crippen LogP contribution in [0.2, 0.25) is 5.02 Å². The Balaban J connectivity index is 2.79. The molecule has 1 aromatic carbocycles. The number of halogens is 1. The average molecular weight is 284 g/mol. The zero-order valence-corrected chi connectivity index (χ0v) is 11.4. The van der Waals surface area contributed by atoms with E-state index in [2.05, 4.69) is 11.4 Å². The summed E-state index contributed by atoms with van der Waals surface area (Å²) in [6.45, 7) is 1.87. The fourth-order valence-corrected chi connectivity index (χ4v) is 1.60. The molecule has 0 aliphatic carbocycles. The number of ether oxygens (including phenoxy) is 1. The van der Waals surface area contributed by atoms with Crippen LogP contribution < -0.4 is 10.1 Å². The van der Waals surface area contributed by atoms with Crippen molar-refractivity contribution in [1.82, 2.24) is 5.32 Å². The summed E-state index contributed by atoms with van der Waals surface area (Å²) in [4.78, 5) is 10.3. The lowest BCUT2D eigenvalue weighted by Crippen LogP contribution is -2.39. The molecule has 0 radical (unpaired) electrons. The number of nitrogens with one attached hydrogen (secondary N) is 1. The summed E-state index contributed by atoms with van der Waals surface area (Å²) in [5.41, 5.74) is -0.925. The first-order chi connectivity index (χ1) is 8.93. The van der Waals surface area contributed by atoms with E-state index in [1.165, 1.54) is 18.2 Å². The molecule has 1 atom stereocenters. The molecule has 1 unspecified atom stereocenters. The minimum absolute atomic E-state index is 0.0329. The van der Waals surface area contributed by atoms with E-state index < -0.39 is 10.5 Å². The fourth-order valence-electron chi connectivity index (χ4n) is 1.38.